The highest BCUT2D eigenvalue weighted by atomic mass is 16.6. The first-order valence-electron chi connectivity index (χ1n) is 7.33. The standard InChI is InChI=1S/C14H16N6O4/c1-10-16-11(12-2-3-14(24-12)20(21)22)8-13(17-10)18-15-9-19-4-6-23-7-5-19/h2-3,8-9H,4-7H2,1H3,(H,16,17,18). The summed E-state index contributed by atoms with van der Waals surface area (Å²) in [5.74, 6) is 0.935. The van der Waals surface area contributed by atoms with Crippen molar-refractivity contribution < 1.29 is 14.1 Å². The summed E-state index contributed by atoms with van der Waals surface area (Å²) >= 11 is 0. The highest BCUT2D eigenvalue weighted by Crippen LogP contribution is 2.25. The smallest absolute Gasteiger partial charge is 0.399 e. The van der Waals surface area contributed by atoms with Crippen LogP contribution in [0.25, 0.3) is 11.5 Å². The average molecular weight is 332 g/mol. The van der Waals surface area contributed by atoms with E-state index < -0.39 is 4.92 Å². The first kappa shape index (κ1) is 15.9. The Morgan fingerprint density at radius 2 is 2.17 bits per heavy atom. The number of anilines is 1. The molecule has 1 saturated heterocycles. The Morgan fingerprint density at radius 1 is 1.38 bits per heavy atom. The average Bonchev–Trinajstić information content (AvgIpc) is 3.06. The number of furan rings is 1. The SMILES string of the molecule is Cc1nc(NN=CN2CCOCC2)cc(-c2ccc([N+](=O)[O-])o2)n1. The minimum absolute atomic E-state index is 0.299. The van der Waals surface area contributed by atoms with Gasteiger partial charge in [-0.05, 0) is 13.0 Å². The summed E-state index contributed by atoms with van der Waals surface area (Å²) in [6, 6.07) is 4.41. The van der Waals surface area contributed by atoms with Crippen LogP contribution in [0.2, 0.25) is 0 Å². The van der Waals surface area contributed by atoms with Crippen molar-refractivity contribution in [1.29, 1.82) is 0 Å². The number of hydrogen-bond acceptors (Lipinski definition) is 8. The lowest BCUT2D eigenvalue weighted by Gasteiger charge is -2.23. The number of aromatic nitrogens is 2. The van der Waals surface area contributed by atoms with Gasteiger partial charge in [0, 0.05) is 19.2 Å². The molecule has 3 rings (SSSR count). The number of aryl methyl sites for hydroxylation is 1. The maximum atomic E-state index is 10.7. The molecule has 0 aliphatic carbocycles. The second-order valence-corrected chi connectivity index (χ2v) is 5.09. The third kappa shape index (κ3) is 3.84. The first-order chi connectivity index (χ1) is 11.6. The van der Waals surface area contributed by atoms with E-state index in [0.29, 0.717) is 36.3 Å². The molecular weight excluding hydrogens is 316 g/mol. The third-order valence-corrected chi connectivity index (χ3v) is 3.31. The fraction of sp³-hybridized carbons (Fsp3) is 0.357. The molecule has 0 spiro atoms. The molecule has 2 aromatic rings. The molecule has 0 unspecified atom stereocenters. The minimum Gasteiger partial charge on any atom is -0.399 e. The largest absolute Gasteiger partial charge is 0.433 e. The Labute approximate surface area is 137 Å². The van der Waals surface area contributed by atoms with Crippen LogP contribution in [-0.4, -0.2) is 52.4 Å². The van der Waals surface area contributed by atoms with Crippen molar-refractivity contribution in [2.24, 2.45) is 5.10 Å². The van der Waals surface area contributed by atoms with Crippen molar-refractivity contribution in [2.75, 3.05) is 31.7 Å². The van der Waals surface area contributed by atoms with E-state index in [0.717, 1.165) is 13.1 Å². The van der Waals surface area contributed by atoms with Gasteiger partial charge in [0.05, 0.1) is 19.3 Å². The molecule has 0 aromatic carbocycles. The number of nitro groups is 1. The summed E-state index contributed by atoms with van der Waals surface area (Å²) in [5.41, 5.74) is 3.28. The molecule has 2 aromatic heterocycles. The lowest BCUT2D eigenvalue weighted by atomic mass is 10.3. The molecule has 1 N–H and O–H groups in total. The fourth-order valence-corrected chi connectivity index (χ4v) is 2.18. The Kier molecular flexibility index (Phi) is 4.66. The highest BCUT2D eigenvalue weighted by Gasteiger charge is 2.15. The summed E-state index contributed by atoms with van der Waals surface area (Å²) in [6.07, 6.45) is 1.69. The van der Waals surface area contributed by atoms with Gasteiger partial charge in [-0.25, -0.2) is 9.97 Å². The monoisotopic (exact) mass is 332 g/mol. The second kappa shape index (κ2) is 7.04. The zero-order valence-corrected chi connectivity index (χ0v) is 13.0. The van der Waals surface area contributed by atoms with Crippen LogP contribution in [0, 0.1) is 17.0 Å². The van der Waals surface area contributed by atoms with E-state index >= 15 is 0 Å². The zero-order valence-electron chi connectivity index (χ0n) is 13.0. The van der Waals surface area contributed by atoms with Crippen LogP contribution < -0.4 is 5.43 Å². The van der Waals surface area contributed by atoms with E-state index in [1.807, 2.05) is 4.90 Å². The van der Waals surface area contributed by atoms with Gasteiger partial charge in [-0.2, -0.15) is 5.10 Å². The van der Waals surface area contributed by atoms with Crippen LogP contribution in [0.15, 0.2) is 27.7 Å². The van der Waals surface area contributed by atoms with Gasteiger partial charge >= 0.3 is 5.88 Å². The van der Waals surface area contributed by atoms with E-state index in [-0.39, 0.29) is 5.88 Å². The molecule has 0 saturated carbocycles. The van der Waals surface area contributed by atoms with Gasteiger partial charge in [0.1, 0.15) is 22.8 Å². The minimum atomic E-state index is -0.594. The predicted octanol–water partition coefficient (Wildman–Crippen LogP) is 1.64. The first-order valence-corrected chi connectivity index (χ1v) is 7.33. The van der Waals surface area contributed by atoms with Gasteiger partial charge in [0.15, 0.2) is 11.6 Å². The van der Waals surface area contributed by atoms with Crippen LogP contribution >= 0.6 is 0 Å². The van der Waals surface area contributed by atoms with Crippen molar-refractivity contribution >= 4 is 18.0 Å². The Hall–Kier alpha value is -3.01. The number of nitrogens with zero attached hydrogens (tertiary/aromatic N) is 5. The van der Waals surface area contributed by atoms with Crippen LogP contribution in [0.4, 0.5) is 11.7 Å². The maximum Gasteiger partial charge on any atom is 0.433 e. The van der Waals surface area contributed by atoms with Crippen molar-refractivity contribution in [3.05, 3.63) is 34.1 Å². The van der Waals surface area contributed by atoms with E-state index in [9.17, 15) is 10.1 Å². The molecular formula is C14H16N6O4. The Bertz CT molecular complexity index is 753. The van der Waals surface area contributed by atoms with E-state index in [4.69, 9.17) is 9.15 Å². The van der Waals surface area contributed by atoms with Gasteiger partial charge in [-0.1, -0.05) is 0 Å². The summed E-state index contributed by atoms with van der Waals surface area (Å²) in [4.78, 5) is 20.6. The summed E-state index contributed by atoms with van der Waals surface area (Å²) in [7, 11) is 0. The predicted molar refractivity (Wildman–Crippen MR) is 85.6 cm³/mol. The number of rotatable bonds is 5. The lowest BCUT2D eigenvalue weighted by Crippen LogP contribution is -2.35. The van der Waals surface area contributed by atoms with Gasteiger partial charge in [-0.15, -0.1) is 0 Å². The molecule has 1 aliphatic rings. The fourth-order valence-electron chi connectivity index (χ4n) is 2.18. The Balaban J connectivity index is 1.73. The normalized spacial score (nSPS) is 15.0. The number of morpholine rings is 1. The molecule has 0 radical (unpaired) electrons. The summed E-state index contributed by atoms with van der Waals surface area (Å²) in [5, 5.41) is 14.8. The maximum absolute atomic E-state index is 10.7. The molecule has 1 fully saturated rings. The number of hydrazone groups is 1. The molecule has 3 heterocycles. The van der Waals surface area contributed by atoms with Crippen molar-refractivity contribution in [1.82, 2.24) is 14.9 Å². The van der Waals surface area contributed by atoms with Crippen molar-refractivity contribution in [2.45, 2.75) is 6.92 Å². The van der Waals surface area contributed by atoms with Crippen LogP contribution in [0.1, 0.15) is 5.82 Å². The van der Waals surface area contributed by atoms with Crippen LogP contribution in [0.3, 0.4) is 0 Å². The molecule has 0 atom stereocenters. The summed E-state index contributed by atoms with van der Waals surface area (Å²) in [6.45, 7) is 4.66. The van der Waals surface area contributed by atoms with Crippen LogP contribution in [0.5, 0.6) is 0 Å². The highest BCUT2D eigenvalue weighted by molar-refractivity contribution is 5.60. The second-order valence-electron chi connectivity index (χ2n) is 5.09. The molecule has 1 aliphatic heterocycles. The molecule has 0 amide bonds. The Morgan fingerprint density at radius 3 is 2.88 bits per heavy atom. The van der Waals surface area contributed by atoms with E-state index in [1.165, 1.54) is 12.1 Å². The van der Waals surface area contributed by atoms with E-state index in [1.54, 1.807) is 19.3 Å². The number of nitrogens with one attached hydrogen (secondary N) is 1. The third-order valence-electron chi connectivity index (χ3n) is 3.31. The molecule has 0 bridgehead atoms. The summed E-state index contributed by atoms with van der Waals surface area (Å²) < 4.78 is 10.4. The molecule has 10 nitrogen and oxygen atoms in total. The van der Waals surface area contributed by atoms with Gasteiger partial charge in [0.25, 0.3) is 0 Å². The van der Waals surface area contributed by atoms with Crippen LogP contribution in [-0.2, 0) is 4.74 Å². The van der Waals surface area contributed by atoms with Crippen molar-refractivity contribution in [3.8, 4) is 11.5 Å². The van der Waals surface area contributed by atoms with Gasteiger partial charge in [0.2, 0.25) is 0 Å². The lowest BCUT2D eigenvalue weighted by molar-refractivity contribution is -0.401. The zero-order chi connectivity index (χ0) is 16.9. The van der Waals surface area contributed by atoms with E-state index in [2.05, 4.69) is 20.5 Å². The number of ether oxygens (including phenoxy) is 1. The topological polar surface area (TPSA) is 119 Å². The molecule has 24 heavy (non-hydrogen) atoms. The molecule has 126 valence electrons. The van der Waals surface area contributed by atoms with Gasteiger partial charge < -0.3 is 14.1 Å². The number of hydrogen-bond donors (Lipinski definition) is 1. The molecule has 10 heteroatoms. The van der Waals surface area contributed by atoms with Crippen molar-refractivity contribution in [3.63, 3.8) is 0 Å². The quantitative estimate of drug-likeness (QED) is 0.380. The van der Waals surface area contributed by atoms with Gasteiger partial charge in [-0.3, -0.25) is 15.5 Å².